The molecule has 9 heteroatoms. The van der Waals surface area contributed by atoms with Crippen LogP contribution in [0.1, 0.15) is 5.01 Å². The first-order valence-corrected chi connectivity index (χ1v) is 6.32. The second-order valence-corrected chi connectivity index (χ2v) is 5.12. The Morgan fingerprint density at radius 3 is 2.89 bits per heavy atom. The first-order chi connectivity index (χ1) is 8.58. The molecular weight excluding hydrogens is 324 g/mol. The fourth-order valence-electron chi connectivity index (χ4n) is 1.24. The highest BCUT2D eigenvalue weighted by Crippen LogP contribution is 2.35. The Kier molecular flexibility index (Phi) is 3.72. The van der Waals surface area contributed by atoms with Crippen LogP contribution in [-0.4, -0.2) is 15.1 Å². The van der Waals surface area contributed by atoms with Crippen LogP contribution in [0.3, 0.4) is 0 Å². The van der Waals surface area contributed by atoms with Gasteiger partial charge in [-0.05, 0) is 22.0 Å². The summed E-state index contributed by atoms with van der Waals surface area (Å²) in [6.45, 7) is 0.0817. The number of benzene rings is 1. The van der Waals surface area contributed by atoms with Crippen molar-refractivity contribution in [2.24, 2.45) is 0 Å². The van der Waals surface area contributed by atoms with Gasteiger partial charge in [-0.2, -0.15) is 0 Å². The quantitative estimate of drug-likeness (QED) is 0.681. The molecule has 2 aromatic rings. The van der Waals surface area contributed by atoms with Crippen LogP contribution in [-0.2, 0) is 6.61 Å². The maximum atomic E-state index is 10.8. The van der Waals surface area contributed by atoms with Crippen LogP contribution in [0.4, 0.5) is 10.8 Å². The van der Waals surface area contributed by atoms with Crippen molar-refractivity contribution in [3.8, 4) is 5.75 Å². The van der Waals surface area contributed by atoms with Crippen LogP contribution in [0.25, 0.3) is 0 Å². The van der Waals surface area contributed by atoms with Crippen LogP contribution >= 0.6 is 27.3 Å². The highest BCUT2D eigenvalue weighted by molar-refractivity contribution is 9.10. The number of nitrogen functional groups attached to an aromatic ring is 1. The molecular formula is C9H7BrN4O3S. The molecule has 0 bridgehead atoms. The fraction of sp³-hybridized carbons (Fsp3) is 0.111. The average molecular weight is 331 g/mol. The first kappa shape index (κ1) is 12.7. The van der Waals surface area contributed by atoms with Gasteiger partial charge in [0.05, 0.1) is 9.40 Å². The molecule has 0 saturated heterocycles. The van der Waals surface area contributed by atoms with Gasteiger partial charge in [0, 0.05) is 6.07 Å². The molecule has 0 amide bonds. The van der Waals surface area contributed by atoms with E-state index in [2.05, 4.69) is 26.1 Å². The second kappa shape index (κ2) is 5.27. The van der Waals surface area contributed by atoms with Gasteiger partial charge in [-0.15, -0.1) is 10.2 Å². The predicted molar refractivity (Wildman–Crippen MR) is 69.4 cm³/mol. The van der Waals surface area contributed by atoms with E-state index in [0.29, 0.717) is 14.6 Å². The van der Waals surface area contributed by atoms with Crippen molar-refractivity contribution in [2.75, 3.05) is 5.73 Å². The largest absolute Gasteiger partial charge is 0.479 e. The zero-order valence-electron chi connectivity index (χ0n) is 8.87. The summed E-state index contributed by atoms with van der Waals surface area (Å²) in [6, 6.07) is 4.60. The smallest absolute Gasteiger partial charge is 0.312 e. The Morgan fingerprint density at radius 2 is 2.28 bits per heavy atom. The molecule has 1 aromatic carbocycles. The second-order valence-electron chi connectivity index (χ2n) is 3.17. The number of nitro groups is 1. The minimum absolute atomic E-state index is 0.0817. The lowest BCUT2D eigenvalue weighted by molar-refractivity contribution is -0.386. The lowest BCUT2D eigenvalue weighted by Gasteiger charge is -2.06. The summed E-state index contributed by atoms with van der Waals surface area (Å²) in [5.74, 6) is 0.163. The molecule has 0 aliphatic heterocycles. The summed E-state index contributed by atoms with van der Waals surface area (Å²) >= 11 is 4.38. The molecule has 94 valence electrons. The normalized spacial score (nSPS) is 10.3. The van der Waals surface area contributed by atoms with Crippen molar-refractivity contribution >= 4 is 38.1 Å². The summed E-state index contributed by atoms with van der Waals surface area (Å²) in [6.07, 6.45) is 0. The Hall–Kier alpha value is -1.74. The monoisotopic (exact) mass is 330 g/mol. The topological polar surface area (TPSA) is 104 Å². The van der Waals surface area contributed by atoms with Crippen LogP contribution in [0.2, 0.25) is 0 Å². The Bertz CT molecular complexity index is 589. The predicted octanol–water partition coefficient (Wildman–Crippen LogP) is 2.37. The summed E-state index contributed by atoms with van der Waals surface area (Å²) in [7, 11) is 0. The average Bonchev–Trinajstić information content (AvgIpc) is 2.73. The molecule has 1 heterocycles. The molecule has 1 aromatic heterocycles. The van der Waals surface area contributed by atoms with Crippen molar-refractivity contribution in [1.29, 1.82) is 0 Å². The zero-order chi connectivity index (χ0) is 13.1. The van der Waals surface area contributed by atoms with Gasteiger partial charge in [-0.3, -0.25) is 10.1 Å². The summed E-state index contributed by atoms with van der Waals surface area (Å²) in [4.78, 5) is 10.3. The fourth-order valence-corrected chi connectivity index (χ4v) is 2.24. The molecule has 0 fully saturated rings. The summed E-state index contributed by atoms with van der Waals surface area (Å²) in [5, 5.41) is 19.1. The van der Waals surface area contributed by atoms with Gasteiger partial charge < -0.3 is 10.5 Å². The Balaban J connectivity index is 2.20. The Labute approximate surface area is 114 Å². The van der Waals surface area contributed by atoms with E-state index < -0.39 is 4.92 Å². The number of rotatable bonds is 4. The van der Waals surface area contributed by atoms with E-state index in [-0.39, 0.29) is 18.0 Å². The van der Waals surface area contributed by atoms with Crippen molar-refractivity contribution in [2.45, 2.75) is 6.61 Å². The van der Waals surface area contributed by atoms with Gasteiger partial charge in [0.1, 0.15) is 6.61 Å². The SMILES string of the molecule is Nc1nnc(COc2c(Br)cccc2[N+](=O)[O-])s1. The number of nitrogens with zero attached hydrogens (tertiary/aromatic N) is 3. The van der Waals surface area contributed by atoms with Crippen molar-refractivity contribution < 1.29 is 9.66 Å². The van der Waals surface area contributed by atoms with Crippen LogP contribution in [0.15, 0.2) is 22.7 Å². The molecule has 18 heavy (non-hydrogen) atoms. The number of ether oxygens (including phenoxy) is 1. The van der Waals surface area contributed by atoms with E-state index in [4.69, 9.17) is 10.5 Å². The van der Waals surface area contributed by atoms with Gasteiger partial charge in [-0.1, -0.05) is 17.4 Å². The van der Waals surface area contributed by atoms with Gasteiger partial charge >= 0.3 is 5.69 Å². The summed E-state index contributed by atoms with van der Waals surface area (Å²) < 4.78 is 5.90. The van der Waals surface area contributed by atoms with Crippen LogP contribution in [0.5, 0.6) is 5.75 Å². The van der Waals surface area contributed by atoms with Crippen LogP contribution < -0.4 is 10.5 Å². The van der Waals surface area contributed by atoms with Gasteiger partial charge in [0.15, 0.2) is 5.01 Å². The minimum Gasteiger partial charge on any atom is -0.479 e. The number of nitro benzene ring substituents is 1. The minimum atomic E-state index is -0.505. The van der Waals surface area contributed by atoms with Gasteiger partial charge in [0.25, 0.3) is 0 Å². The van der Waals surface area contributed by atoms with Gasteiger partial charge in [0.2, 0.25) is 10.9 Å². The molecule has 0 aliphatic rings. The van der Waals surface area contributed by atoms with E-state index >= 15 is 0 Å². The number of anilines is 1. The molecule has 2 N–H and O–H groups in total. The molecule has 0 radical (unpaired) electrons. The number of aromatic nitrogens is 2. The molecule has 0 atom stereocenters. The van der Waals surface area contributed by atoms with E-state index in [9.17, 15) is 10.1 Å². The van der Waals surface area contributed by atoms with Crippen LogP contribution in [0, 0.1) is 10.1 Å². The number of para-hydroxylation sites is 1. The van der Waals surface area contributed by atoms with Crippen molar-refractivity contribution in [1.82, 2.24) is 10.2 Å². The third kappa shape index (κ3) is 2.74. The third-order valence-electron chi connectivity index (χ3n) is 1.97. The maximum Gasteiger partial charge on any atom is 0.312 e. The van der Waals surface area contributed by atoms with Crippen molar-refractivity contribution in [3.05, 3.63) is 37.8 Å². The zero-order valence-corrected chi connectivity index (χ0v) is 11.3. The van der Waals surface area contributed by atoms with E-state index in [1.54, 1.807) is 12.1 Å². The number of hydrogen-bond donors (Lipinski definition) is 1. The van der Waals surface area contributed by atoms with E-state index in [1.807, 2.05) is 0 Å². The lowest BCUT2D eigenvalue weighted by atomic mass is 10.3. The van der Waals surface area contributed by atoms with E-state index in [1.165, 1.54) is 17.4 Å². The first-order valence-electron chi connectivity index (χ1n) is 4.71. The molecule has 7 nitrogen and oxygen atoms in total. The molecule has 0 saturated carbocycles. The Morgan fingerprint density at radius 1 is 1.50 bits per heavy atom. The molecule has 2 rings (SSSR count). The van der Waals surface area contributed by atoms with Gasteiger partial charge in [-0.25, -0.2) is 0 Å². The maximum absolute atomic E-state index is 10.8. The standard InChI is InChI=1S/C9H7BrN4O3S/c10-5-2-1-3-6(14(15)16)8(5)17-4-7-12-13-9(11)18-7/h1-3H,4H2,(H2,11,13). The molecule has 0 spiro atoms. The number of halogens is 1. The lowest BCUT2D eigenvalue weighted by Crippen LogP contribution is -1.99. The summed E-state index contributed by atoms with van der Waals surface area (Å²) in [5.41, 5.74) is 5.32. The van der Waals surface area contributed by atoms with Crippen molar-refractivity contribution in [3.63, 3.8) is 0 Å². The molecule has 0 aliphatic carbocycles. The molecule has 0 unspecified atom stereocenters. The van der Waals surface area contributed by atoms with E-state index in [0.717, 1.165) is 0 Å². The number of hydrogen-bond acceptors (Lipinski definition) is 7. The highest BCUT2D eigenvalue weighted by atomic mass is 79.9. The highest BCUT2D eigenvalue weighted by Gasteiger charge is 2.18. The number of nitrogens with two attached hydrogens (primary N) is 1. The third-order valence-corrected chi connectivity index (χ3v) is 3.32.